The number of nitrogens with zero attached hydrogens (tertiary/aromatic N) is 6. The normalized spacial score (nSPS) is 18.1. The van der Waals surface area contributed by atoms with Crippen LogP contribution in [0.3, 0.4) is 0 Å². The molecule has 1 atom stereocenters. The van der Waals surface area contributed by atoms with Crippen LogP contribution in [-0.2, 0) is 4.74 Å². The molecule has 12 heteroatoms. The van der Waals surface area contributed by atoms with Crippen LogP contribution in [0.15, 0.2) is 55.1 Å². The minimum atomic E-state index is -0.130. The van der Waals surface area contributed by atoms with E-state index in [1.807, 2.05) is 24.4 Å². The fourth-order valence-corrected chi connectivity index (χ4v) is 5.87. The molecule has 2 saturated heterocycles. The summed E-state index contributed by atoms with van der Waals surface area (Å²) >= 11 is 6.21. The third kappa shape index (κ3) is 6.78. The number of pyridine rings is 3. The number of hydrogen-bond donors (Lipinski definition) is 1. The van der Waals surface area contributed by atoms with E-state index in [0.29, 0.717) is 47.2 Å². The molecule has 6 rings (SSSR count). The number of carbonyl (C=O) groups is 1. The van der Waals surface area contributed by atoms with Gasteiger partial charge in [0.1, 0.15) is 36.0 Å². The summed E-state index contributed by atoms with van der Waals surface area (Å²) in [5.74, 6) is 1.50. The number of hydrogen-bond acceptors (Lipinski definition) is 9. The number of rotatable bonds is 8. The Morgan fingerprint density at radius 3 is 2.79 bits per heavy atom. The lowest BCUT2D eigenvalue weighted by Crippen LogP contribution is -2.41. The van der Waals surface area contributed by atoms with E-state index in [9.17, 15) is 10.1 Å². The number of fused-ring (bicyclic) bond motifs is 1. The lowest BCUT2D eigenvalue weighted by molar-refractivity contribution is 0.000107. The monoisotopic (exact) mass is 619 g/mol. The molecular formula is C31H34ClN7O3S. The first-order valence-corrected chi connectivity index (χ1v) is 14.5. The standard InChI is InChI=1S/C31H32ClN7O3.H2S/c1-31(14-27(40)29-26(32)3-2-8-35-29)6-10-38(11-7-31)28-5-4-21(16-36-28)25-13-23(42-20-24-18-34-9-12-41-24)19-39-30(25)22(15-33)17-37-39;/h2-5,8,13,16-17,19,24,34H,6-7,9-12,14,18,20H2,1H3;1H2/t24-;/m0./s1. The molecule has 4 aromatic rings. The molecule has 0 unspecified atom stereocenters. The van der Waals surface area contributed by atoms with E-state index in [2.05, 4.69) is 33.3 Å². The van der Waals surface area contributed by atoms with Crippen molar-refractivity contribution in [2.75, 3.05) is 44.3 Å². The second kappa shape index (κ2) is 13.3. The second-order valence-electron chi connectivity index (χ2n) is 11.2. The molecule has 1 N–H and O–H groups in total. The Morgan fingerprint density at radius 2 is 2.09 bits per heavy atom. The smallest absolute Gasteiger partial charge is 0.183 e. The van der Waals surface area contributed by atoms with Crippen LogP contribution < -0.4 is 15.0 Å². The molecule has 4 aromatic heterocycles. The predicted octanol–water partition coefficient (Wildman–Crippen LogP) is 4.68. The van der Waals surface area contributed by atoms with Crippen LogP contribution in [-0.4, -0.2) is 70.9 Å². The maximum absolute atomic E-state index is 12.9. The van der Waals surface area contributed by atoms with Gasteiger partial charge in [0.25, 0.3) is 0 Å². The highest BCUT2D eigenvalue weighted by Gasteiger charge is 2.33. The molecule has 2 fully saturated rings. The highest BCUT2D eigenvalue weighted by molar-refractivity contribution is 7.59. The molecule has 43 heavy (non-hydrogen) atoms. The van der Waals surface area contributed by atoms with Crippen LogP contribution in [0.2, 0.25) is 5.02 Å². The van der Waals surface area contributed by atoms with Gasteiger partial charge in [-0.1, -0.05) is 18.5 Å². The fourth-order valence-electron chi connectivity index (χ4n) is 5.64. The van der Waals surface area contributed by atoms with Gasteiger partial charge in [0.2, 0.25) is 0 Å². The highest BCUT2D eigenvalue weighted by Crippen LogP contribution is 2.38. The molecule has 0 aliphatic carbocycles. The van der Waals surface area contributed by atoms with Crippen molar-refractivity contribution in [3.05, 3.63) is 71.4 Å². The number of ketones is 1. The van der Waals surface area contributed by atoms with E-state index < -0.39 is 0 Å². The summed E-state index contributed by atoms with van der Waals surface area (Å²) in [5, 5.41) is 17.8. The van der Waals surface area contributed by atoms with Crippen molar-refractivity contribution in [3.63, 3.8) is 0 Å². The van der Waals surface area contributed by atoms with E-state index in [4.69, 9.17) is 26.1 Å². The van der Waals surface area contributed by atoms with Gasteiger partial charge in [-0.3, -0.25) is 9.78 Å². The molecule has 0 aromatic carbocycles. The number of Topliss-reactive ketones (excluding diaryl/α,β-unsaturated/α-hetero) is 1. The fraction of sp³-hybridized carbons (Fsp3) is 0.387. The summed E-state index contributed by atoms with van der Waals surface area (Å²) in [6.07, 6.45) is 8.88. The Bertz CT molecular complexity index is 1620. The summed E-state index contributed by atoms with van der Waals surface area (Å²) in [6.45, 7) is 6.40. The number of halogens is 1. The molecule has 10 nitrogen and oxygen atoms in total. The van der Waals surface area contributed by atoms with Crippen molar-refractivity contribution in [1.29, 1.82) is 5.26 Å². The van der Waals surface area contributed by atoms with Crippen LogP contribution in [0.4, 0.5) is 5.82 Å². The van der Waals surface area contributed by atoms with Crippen LogP contribution >= 0.6 is 25.1 Å². The zero-order chi connectivity index (χ0) is 29.1. The Hall–Kier alpha value is -3.69. The number of anilines is 1. The van der Waals surface area contributed by atoms with Gasteiger partial charge in [-0.05, 0) is 48.6 Å². The number of morpholine rings is 1. The van der Waals surface area contributed by atoms with E-state index in [0.717, 1.165) is 56.0 Å². The van der Waals surface area contributed by atoms with E-state index in [1.54, 1.807) is 35.2 Å². The summed E-state index contributed by atoms with van der Waals surface area (Å²) in [6, 6.07) is 11.6. The number of aromatic nitrogens is 4. The van der Waals surface area contributed by atoms with Crippen molar-refractivity contribution in [2.45, 2.75) is 32.3 Å². The van der Waals surface area contributed by atoms with Crippen molar-refractivity contribution in [1.82, 2.24) is 24.9 Å². The van der Waals surface area contributed by atoms with Crippen LogP contribution in [0.1, 0.15) is 42.2 Å². The zero-order valence-electron chi connectivity index (χ0n) is 23.9. The van der Waals surface area contributed by atoms with Crippen molar-refractivity contribution in [2.24, 2.45) is 5.41 Å². The van der Waals surface area contributed by atoms with Gasteiger partial charge < -0.3 is 19.7 Å². The molecule has 224 valence electrons. The third-order valence-electron chi connectivity index (χ3n) is 8.11. The van der Waals surface area contributed by atoms with Gasteiger partial charge in [0, 0.05) is 56.1 Å². The first kappa shape index (κ1) is 30.8. The lowest BCUT2D eigenvalue weighted by atomic mass is 9.76. The van der Waals surface area contributed by atoms with Gasteiger partial charge in [-0.15, -0.1) is 0 Å². The molecule has 2 aliphatic heterocycles. The van der Waals surface area contributed by atoms with E-state index in [1.165, 1.54) is 0 Å². The van der Waals surface area contributed by atoms with Crippen LogP contribution in [0.5, 0.6) is 5.75 Å². The van der Waals surface area contributed by atoms with E-state index >= 15 is 0 Å². The number of nitriles is 1. The lowest BCUT2D eigenvalue weighted by Gasteiger charge is -2.39. The van der Waals surface area contributed by atoms with Gasteiger partial charge >= 0.3 is 0 Å². The quantitative estimate of drug-likeness (QED) is 0.281. The molecule has 0 amide bonds. The predicted molar refractivity (Wildman–Crippen MR) is 169 cm³/mol. The average molecular weight is 620 g/mol. The summed E-state index contributed by atoms with van der Waals surface area (Å²) in [5.41, 5.74) is 3.09. The van der Waals surface area contributed by atoms with Crippen molar-refractivity contribution < 1.29 is 14.3 Å². The third-order valence-corrected chi connectivity index (χ3v) is 8.42. The Balaban J connectivity index is 0.00000368. The molecule has 2 aliphatic rings. The van der Waals surface area contributed by atoms with Gasteiger partial charge in [-0.2, -0.15) is 23.9 Å². The summed E-state index contributed by atoms with van der Waals surface area (Å²) in [4.78, 5) is 24.1. The molecule has 0 bridgehead atoms. The van der Waals surface area contributed by atoms with Gasteiger partial charge in [-0.25, -0.2) is 9.50 Å². The average Bonchev–Trinajstić information content (AvgIpc) is 3.44. The maximum atomic E-state index is 12.9. The first-order chi connectivity index (χ1) is 20.4. The SMILES string of the molecule is CC1(CC(=O)c2ncccc2Cl)CCN(c2ccc(-c3cc(OC[C@@H]4CNCCO4)cn4ncc(C#N)c34)cn2)CC1.S. The first-order valence-electron chi connectivity index (χ1n) is 14.1. The maximum Gasteiger partial charge on any atom is 0.183 e. The van der Waals surface area contributed by atoms with Crippen LogP contribution in [0.25, 0.3) is 16.6 Å². The molecule has 0 spiro atoms. The number of piperidine rings is 1. The minimum absolute atomic E-state index is 0. The van der Waals surface area contributed by atoms with Crippen molar-refractivity contribution in [3.8, 4) is 22.9 Å². The Morgan fingerprint density at radius 1 is 1.26 bits per heavy atom. The highest BCUT2D eigenvalue weighted by atomic mass is 35.5. The minimum Gasteiger partial charge on any atom is -0.489 e. The van der Waals surface area contributed by atoms with Crippen molar-refractivity contribution >= 4 is 42.2 Å². The summed E-state index contributed by atoms with van der Waals surface area (Å²) in [7, 11) is 0. The number of carbonyl (C=O) groups excluding carboxylic acids is 1. The Labute approximate surface area is 262 Å². The largest absolute Gasteiger partial charge is 0.489 e. The van der Waals surface area contributed by atoms with Crippen LogP contribution in [0, 0.1) is 16.7 Å². The Kier molecular flexibility index (Phi) is 9.52. The topological polar surface area (TPSA) is 118 Å². The molecule has 6 heterocycles. The number of nitrogens with one attached hydrogen (secondary N) is 1. The summed E-state index contributed by atoms with van der Waals surface area (Å²) < 4.78 is 13.5. The molecule has 0 radical (unpaired) electrons. The number of ether oxygens (including phenoxy) is 2. The molecular weight excluding hydrogens is 586 g/mol. The molecule has 0 saturated carbocycles. The van der Waals surface area contributed by atoms with Gasteiger partial charge in [0.15, 0.2) is 5.78 Å². The van der Waals surface area contributed by atoms with Gasteiger partial charge in [0.05, 0.1) is 35.1 Å². The second-order valence-corrected chi connectivity index (χ2v) is 11.6. The zero-order valence-corrected chi connectivity index (χ0v) is 25.7. The van der Waals surface area contributed by atoms with E-state index in [-0.39, 0.29) is 30.8 Å².